The Morgan fingerprint density at radius 2 is 1.83 bits per heavy atom. The molecule has 18 heavy (non-hydrogen) atoms. The van der Waals surface area contributed by atoms with E-state index in [2.05, 4.69) is 21.8 Å². The van der Waals surface area contributed by atoms with Crippen molar-refractivity contribution in [2.75, 3.05) is 30.8 Å². The summed E-state index contributed by atoms with van der Waals surface area (Å²) in [5.41, 5.74) is 1.26. The maximum Gasteiger partial charge on any atom is 0.208 e. The van der Waals surface area contributed by atoms with Crippen LogP contribution in [-0.2, 0) is 10.0 Å². The van der Waals surface area contributed by atoms with E-state index in [4.69, 9.17) is 0 Å². The largest absolute Gasteiger partial charge is 0.372 e. The zero-order valence-electron chi connectivity index (χ0n) is 10.7. The van der Waals surface area contributed by atoms with Gasteiger partial charge >= 0.3 is 0 Å². The summed E-state index contributed by atoms with van der Waals surface area (Å²) in [6.07, 6.45) is 3.29. The Kier molecular flexibility index (Phi) is 4.24. The number of nitrogens with zero attached hydrogens (tertiary/aromatic N) is 1. The first-order chi connectivity index (χ1) is 8.54. The predicted octanol–water partition coefficient (Wildman–Crippen LogP) is 1.45. The molecule has 1 aromatic rings. The minimum absolute atomic E-state index is 0.458. The lowest BCUT2D eigenvalue weighted by atomic mass is 9.97. The molecule has 1 aliphatic rings. The number of hydrogen-bond acceptors (Lipinski definition) is 3. The van der Waals surface area contributed by atoms with E-state index >= 15 is 0 Å². The average molecular weight is 268 g/mol. The number of benzene rings is 1. The van der Waals surface area contributed by atoms with Gasteiger partial charge in [-0.2, -0.15) is 0 Å². The second kappa shape index (κ2) is 5.71. The molecule has 4 nitrogen and oxygen atoms in total. The minimum Gasteiger partial charge on any atom is -0.372 e. The van der Waals surface area contributed by atoms with Crippen molar-refractivity contribution < 1.29 is 8.42 Å². The van der Waals surface area contributed by atoms with Gasteiger partial charge in [0.2, 0.25) is 10.0 Å². The van der Waals surface area contributed by atoms with Gasteiger partial charge in [-0.3, -0.25) is 0 Å². The highest BCUT2D eigenvalue weighted by Gasteiger charge is 2.19. The highest BCUT2D eigenvalue weighted by molar-refractivity contribution is 7.88. The third-order valence-corrected chi connectivity index (χ3v) is 4.06. The summed E-state index contributed by atoms with van der Waals surface area (Å²) in [5.74, 6) is 0.458. The maximum absolute atomic E-state index is 11.0. The molecule has 1 aromatic carbocycles. The van der Waals surface area contributed by atoms with Gasteiger partial charge in [-0.15, -0.1) is 0 Å². The van der Waals surface area contributed by atoms with Gasteiger partial charge in [0.1, 0.15) is 0 Å². The normalized spacial score (nSPS) is 17.9. The fraction of sp³-hybridized carbons (Fsp3) is 0.538. The van der Waals surface area contributed by atoms with Crippen molar-refractivity contribution in [3.8, 4) is 0 Å². The number of nitrogens with one attached hydrogen (secondary N) is 1. The Bertz CT molecular complexity index is 465. The molecule has 1 fully saturated rings. The third-order valence-electron chi connectivity index (χ3n) is 3.37. The smallest absolute Gasteiger partial charge is 0.208 e. The standard InChI is InChI=1S/C13H20N2O2S/c1-18(16,17)14-11-12-7-9-15(10-8-12)13-5-3-2-4-6-13/h2-6,12,14H,7-11H2,1H3. The van der Waals surface area contributed by atoms with Crippen LogP contribution in [0.15, 0.2) is 30.3 Å². The second-order valence-electron chi connectivity index (χ2n) is 4.89. The number of rotatable bonds is 4. The van der Waals surface area contributed by atoms with E-state index < -0.39 is 10.0 Å². The predicted molar refractivity (Wildman–Crippen MR) is 74.2 cm³/mol. The Hall–Kier alpha value is -1.07. The molecule has 1 aliphatic heterocycles. The van der Waals surface area contributed by atoms with Crippen LogP contribution in [0, 0.1) is 5.92 Å². The number of para-hydroxylation sites is 1. The number of hydrogen-bond donors (Lipinski definition) is 1. The van der Waals surface area contributed by atoms with Crippen molar-refractivity contribution in [3.63, 3.8) is 0 Å². The van der Waals surface area contributed by atoms with E-state index in [1.54, 1.807) is 0 Å². The first kappa shape index (κ1) is 13.4. The Morgan fingerprint density at radius 1 is 1.22 bits per heavy atom. The van der Waals surface area contributed by atoms with Crippen LogP contribution in [0.5, 0.6) is 0 Å². The van der Waals surface area contributed by atoms with E-state index in [0.717, 1.165) is 25.9 Å². The van der Waals surface area contributed by atoms with Gasteiger partial charge in [-0.1, -0.05) is 18.2 Å². The lowest BCUT2D eigenvalue weighted by Gasteiger charge is -2.33. The minimum atomic E-state index is -3.05. The Balaban J connectivity index is 1.82. The van der Waals surface area contributed by atoms with Crippen LogP contribution in [0.3, 0.4) is 0 Å². The SMILES string of the molecule is CS(=O)(=O)NCC1CCN(c2ccccc2)CC1. The first-order valence-electron chi connectivity index (χ1n) is 6.29. The van der Waals surface area contributed by atoms with Crippen LogP contribution in [0.1, 0.15) is 12.8 Å². The van der Waals surface area contributed by atoms with Gasteiger partial charge in [0.15, 0.2) is 0 Å². The molecule has 0 unspecified atom stereocenters. The number of sulfonamides is 1. The number of anilines is 1. The van der Waals surface area contributed by atoms with Crippen LogP contribution in [0.4, 0.5) is 5.69 Å². The van der Waals surface area contributed by atoms with Crippen molar-refractivity contribution in [2.45, 2.75) is 12.8 Å². The van der Waals surface area contributed by atoms with Crippen molar-refractivity contribution in [1.82, 2.24) is 4.72 Å². The van der Waals surface area contributed by atoms with Crippen molar-refractivity contribution in [2.24, 2.45) is 5.92 Å². The summed E-state index contributed by atoms with van der Waals surface area (Å²) >= 11 is 0. The summed E-state index contributed by atoms with van der Waals surface area (Å²) in [4.78, 5) is 2.36. The lowest BCUT2D eigenvalue weighted by molar-refractivity contribution is 0.402. The van der Waals surface area contributed by atoms with Gasteiger partial charge in [-0.25, -0.2) is 13.1 Å². The zero-order valence-corrected chi connectivity index (χ0v) is 11.5. The molecule has 0 atom stereocenters. The number of piperidine rings is 1. The van der Waals surface area contributed by atoms with E-state index in [1.165, 1.54) is 11.9 Å². The maximum atomic E-state index is 11.0. The monoisotopic (exact) mass is 268 g/mol. The van der Waals surface area contributed by atoms with E-state index in [-0.39, 0.29) is 0 Å². The fourth-order valence-corrected chi connectivity index (χ4v) is 2.84. The molecule has 5 heteroatoms. The summed E-state index contributed by atoms with van der Waals surface area (Å²) in [7, 11) is -3.05. The molecule has 0 radical (unpaired) electrons. The molecule has 0 amide bonds. The van der Waals surface area contributed by atoms with Gasteiger partial charge in [0, 0.05) is 25.3 Å². The van der Waals surface area contributed by atoms with Gasteiger partial charge in [0.25, 0.3) is 0 Å². The lowest BCUT2D eigenvalue weighted by Crippen LogP contribution is -2.38. The molecule has 1 heterocycles. The average Bonchev–Trinajstić information content (AvgIpc) is 2.37. The van der Waals surface area contributed by atoms with E-state index in [9.17, 15) is 8.42 Å². The van der Waals surface area contributed by atoms with Crippen LogP contribution in [-0.4, -0.2) is 34.3 Å². The van der Waals surface area contributed by atoms with Crippen molar-refractivity contribution in [1.29, 1.82) is 0 Å². The quantitative estimate of drug-likeness (QED) is 0.899. The third kappa shape index (κ3) is 3.99. The molecule has 0 saturated carbocycles. The summed E-state index contributed by atoms with van der Waals surface area (Å²) in [5, 5.41) is 0. The summed E-state index contributed by atoms with van der Waals surface area (Å²) < 4.78 is 24.7. The topological polar surface area (TPSA) is 49.4 Å². The summed E-state index contributed by atoms with van der Waals surface area (Å²) in [6.45, 7) is 2.57. The molecule has 100 valence electrons. The molecular formula is C13H20N2O2S. The molecule has 2 rings (SSSR count). The molecule has 1 saturated heterocycles. The van der Waals surface area contributed by atoms with Gasteiger partial charge in [0.05, 0.1) is 6.26 Å². The molecule has 0 aliphatic carbocycles. The molecule has 0 aromatic heterocycles. The Labute approximate surface area is 109 Å². The fourth-order valence-electron chi connectivity index (χ4n) is 2.30. The van der Waals surface area contributed by atoms with Crippen LogP contribution >= 0.6 is 0 Å². The van der Waals surface area contributed by atoms with Crippen molar-refractivity contribution >= 4 is 15.7 Å². The molecular weight excluding hydrogens is 248 g/mol. The second-order valence-corrected chi connectivity index (χ2v) is 6.72. The van der Waals surface area contributed by atoms with Crippen LogP contribution in [0.2, 0.25) is 0 Å². The zero-order chi connectivity index (χ0) is 13.0. The van der Waals surface area contributed by atoms with E-state index in [0.29, 0.717) is 12.5 Å². The highest BCUT2D eigenvalue weighted by atomic mass is 32.2. The molecule has 1 N–H and O–H groups in total. The highest BCUT2D eigenvalue weighted by Crippen LogP contribution is 2.22. The molecule has 0 spiro atoms. The van der Waals surface area contributed by atoms with E-state index in [1.807, 2.05) is 18.2 Å². The first-order valence-corrected chi connectivity index (χ1v) is 8.18. The van der Waals surface area contributed by atoms with Crippen molar-refractivity contribution in [3.05, 3.63) is 30.3 Å². The van der Waals surface area contributed by atoms with Crippen LogP contribution in [0.25, 0.3) is 0 Å². The summed E-state index contributed by atoms with van der Waals surface area (Å²) in [6, 6.07) is 10.4. The van der Waals surface area contributed by atoms with Gasteiger partial charge in [-0.05, 0) is 30.9 Å². The van der Waals surface area contributed by atoms with Gasteiger partial charge < -0.3 is 4.90 Å². The van der Waals surface area contributed by atoms with Crippen LogP contribution < -0.4 is 9.62 Å². The Morgan fingerprint density at radius 3 is 2.39 bits per heavy atom. The molecule has 0 bridgehead atoms.